The van der Waals surface area contributed by atoms with Crippen LogP contribution in [0, 0.1) is 0 Å². The van der Waals surface area contributed by atoms with Crippen LogP contribution in [0.3, 0.4) is 0 Å². The van der Waals surface area contributed by atoms with Crippen LogP contribution in [-0.4, -0.2) is 14.0 Å². The van der Waals surface area contributed by atoms with E-state index in [-0.39, 0.29) is 14.0 Å². The molecule has 1 rings (SSSR count). The molecule has 0 fully saturated rings. The second kappa shape index (κ2) is 6.47. The molecule has 0 aliphatic rings. The van der Waals surface area contributed by atoms with Crippen LogP contribution < -0.4 is 0 Å². The fourth-order valence-electron chi connectivity index (χ4n) is 1.27. The Morgan fingerprint density at radius 1 is 1.15 bits per heavy atom. The van der Waals surface area contributed by atoms with Crippen molar-refractivity contribution in [3.63, 3.8) is 0 Å². The van der Waals surface area contributed by atoms with Gasteiger partial charge >= 0.3 is 0 Å². The first kappa shape index (κ1) is 11.1. The topological polar surface area (TPSA) is 0 Å². The second-order valence-corrected chi connectivity index (χ2v) is 7.54. The van der Waals surface area contributed by atoms with Crippen LogP contribution in [-0.2, 0) is 6.42 Å². The van der Waals surface area contributed by atoms with Crippen LogP contribution in [0.25, 0.3) is 0 Å². The summed E-state index contributed by atoms with van der Waals surface area (Å²) in [4.78, 5) is 0. The summed E-state index contributed by atoms with van der Waals surface area (Å²) in [5.74, 6) is 0. The highest BCUT2D eigenvalue weighted by Crippen LogP contribution is 2.07. The quantitative estimate of drug-likeness (QED) is 0.416. The van der Waals surface area contributed by atoms with Crippen LogP contribution in [0.5, 0.6) is 0 Å². The summed E-state index contributed by atoms with van der Waals surface area (Å²) in [5.41, 5.74) is 1.41. The minimum absolute atomic E-state index is 0.0595. The molecule has 1 aromatic rings. The summed E-state index contributed by atoms with van der Waals surface area (Å²) < 4.78 is -0.0595. The summed E-state index contributed by atoms with van der Waals surface area (Å²) in [6.45, 7) is 0. The second-order valence-electron chi connectivity index (χ2n) is 3.12. The molecule has 0 atom stereocenters. The molecule has 0 saturated heterocycles. The van der Waals surface area contributed by atoms with Gasteiger partial charge in [-0.1, -0.05) is 42.8 Å². The lowest BCUT2D eigenvalue weighted by Gasteiger charge is -2.01. The number of hydrogen-bond donors (Lipinski definition) is 0. The molecular weight excluding hydrogens is 219 g/mol. The van der Waals surface area contributed by atoms with E-state index in [1.165, 1.54) is 18.0 Å². The van der Waals surface area contributed by atoms with Crippen molar-refractivity contribution < 1.29 is 0 Å². The van der Waals surface area contributed by atoms with Gasteiger partial charge in [-0.25, -0.2) is 0 Å². The first-order valence-corrected chi connectivity index (χ1v) is 7.30. The van der Waals surface area contributed by atoms with Crippen molar-refractivity contribution in [1.29, 1.82) is 0 Å². The Morgan fingerprint density at radius 3 is 2.46 bits per heavy atom. The van der Waals surface area contributed by atoms with E-state index in [1.807, 2.05) is 6.07 Å². The molecule has 0 aliphatic heterocycles. The Labute approximate surface area is 92.1 Å². The van der Waals surface area contributed by atoms with E-state index in [1.54, 1.807) is 0 Å². The number of aryl methyl sites for hydroxylation is 1. The van der Waals surface area contributed by atoms with Gasteiger partial charge in [0.2, 0.25) is 0 Å². The minimum Gasteiger partial charge on any atom is -0.110 e. The fraction of sp³-hybridized carbons (Fsp3) is 0.400. The molecule has 3 heteroatoms. The normalized spacial score (nSPS) is 11.6. The number of halogens is 2. The van der Waals surface area contributed by atoms with Gasteiger partial charge in [-0.05, 0) is 12.0 Å². The van der Waals surface area contributed by atoms with Gasteiger partial charge in [-0.2, -0.15) is 0 Å². The van der Waals surface area contributed by atoms with Gasteiger partial charge in [0.1, 0.15) is 0 Å². The average molecular weight is 233 g/mol. The fourth-order valence-corrected chi connectivity index (χ4v) is 3.05. The van der Waals surface area contributed by atoms with Crippen LogP contribution in [0.1, 0.15) is 12.0 Å². The third-order valence-corrected chi connectivity index (χ3v) is 4.63. The van der Waals surface area contributed by atoms with E-state index in [0.29, 0.717) is 0 Å². The van der Waals surface area contributed by atoms with Crippen LogP contribution in [0.15, 0.2) is 30.3 Å². The molecule has 0 saturated carbocycles. The predicted molar refractivity (Wildman–Crippen MR) is 63.6 cm³/mol. The summed E-state index contributed by atoms with van der Waals surface area (Å²) in [5, 5.41) is 0. The van der Waals surface area contributed by atoms with Crippen molar-refractivity contribution in [2.75, 3.05) is 0 Å². The summed E-state index contributed by atoms with van der Waals surface area (Å²) >= 11 is 11.4. The lowest BCUT2D eigenvalue weighted by molar-refractivity contribution is 0.914. The van der Waals surface area contributed by atoms with E-state index in [4.69, 9.17) is 23.2 Å². The Bertz CT molecular complexity index is 224. The van der Waals surface area contributed by atoms with Crippen LogP contribution in [0.2, 0.25) is 6.04 Å². The van der Waals surface area contributed by atoms with Gasteiger partial charge in [-0.15, -0.1) is 23.2 Å². The van der Waals surface area contributed by atoms with Crippen molar-refractivity contribution >= 4 is 32.7 Å². The third kappa shape index (κ3) is 5.35. The van der Waals surface area contributed by atoms with Crippen molar-refractivity contribution in [2.45, 2.75) is 23.3 Å². The Kier molecular flexibility index (Phi) is 5.52. The van der Waals surface area contributed by atoms with E-state index in [9.17, 15) is 0 Å². The Hall–Kier alpha value is 0.0169. The zero-order valence-electron chi connectivity index (χ0n) is 7.55. The van der Waals surface area contributed by atoms with Gasteiger partial charge in [0, 0.05) is 0 Å². The summed E-state index contributed by atoms with van der Waals surface area (Å²) in [7, 11) is -0.239. The maximum atomic E-state index is 5.69. The number of benzene rings is 1. The first-order valence-electron chi connectivity index (χ1n) is 4.61. The molecule has 0 N–H and O–H groups in total. The van der Waals surface area contributed by atoms with E-state index >= 15 is 0 Å². The predicted octanol–water partition coefficient (Wildman–Crippen LogP) is 2.97. The average Bonchev–Trinajstić information content (AvgIpc) is 2.14. The highest BCUT2D eigenvalue weighted by atomic mass is 35.5. The molecular formula is C10H14Cl2Si. The molecule has 0 spiro atoms. The highest BCUT2D eigenvalue weighted by molar-refractivity contribution is 6.68. The molecule has 0 radical (unpaired) electrons. The molecule has 0 nitrogen and oxygen atoms in total. The summed E-state index contributed by atoms with van der Waals surface area (Å²) in [6.07, 6.45) is 2.39. The van der Waals surface area contributed by atoms with Crippen molar-refractivity contribution in [3.8, 4) is 0 Å². The van der Waals surface area contributed by atoms with E-state index in [2.05, 4.69) is 24.3 Å². The monoisotopic (exact) mass is 232 g/mol. The maximum absolute atomic E-state index is 5.69. The lowest BCUT2D eigenvalue weighted by Crippen LogP contribution is -2.00. The van der Waals surface area contributed by atoms with Crippen molar-refractivity contribution in [2.24, 2.45) is 0 Å². The first-order chi connectivity index (χ1) is 6.29. The SMILES string of the molecule is ClC(Cl)[SiH2]CCCc1ccccc1. The molecule has 72 valence electrons. The maximum Gasteiger partial charge on any atom is 0.0908 e. The lowest BCUT2D eigenvalue weighted by atomic mass is 10.1. The molecule has 0 heterocycles. The van der Waals surface area contributed by atoms with Gasteiger partial charge in [0.05, 0.1) is 14.0 Å². The standard InChI is InChI=1S/C10H14Cl2Si/c11-10(12)13-8-4-7-9-5-2-1-3-6-9/h1-3,5-6,10H,4,7-8,13H2. The van der Waals surface area contributed by atoms with E-state index < -0.39 is 0 Å². The molecule has 1 aromatic carbocycles. The molecule has 0 amide bonds. The Morgan fingerprint density at radius 2 is 1.85 bits per heavy atom. The summed E-state index contributed by atoms with van der Waals surface area (Å²) in [6, 6.07) is 11.8. The number of hydrogen-bond acceptors (Lipinski definition) is 0. The third-order valence-electron chi connectivity index (χ3n) is 1.98. The molecule has 0 bridgehead atoms. The highest BCUT2D eigenvalue weighted by Gasteiger charge is 1.99. The molecule has 0 aromatic heterocycles. The van der Waals surface area contributed by atoms with Crippen LogP contribution >= 0.6 is 23.2 Å². The van der Waals surface area contributed by atoms with Gasteiger partial charge in [0.15, 0.2) is 0 Å². The van der Waals surface area contributed by atoms with Gasteiger partial charge < -0.3 is 0 Å². The molecule has 13 heavy (non-hydrogen) atoms. The van der Waals surface area contributed by atoms with Crippen molar-refractivity contribution in [1.82, 2.24) is 0 Å². The largest absolute Gasteiger partial charge is 0.110 e. The Balaban J connectivity index is 2.13. The smallest absolute Gasteiger partial charge is 0.0908 e. The van der Waals surface area contributed by atoms with E-state index in [0.717, 1.165) is 6.42 Å². The van der Waals surface area contributed by atoms with Gasteiger partial charge in [-0.3, -0.25) is 0 Å². The number of alkyl halides is 2. The van der Waals surface area contributed by atoms with Crippen LogP contribution in [0.4, 0.5) is 0 Å². The molecule has 0 aliphatic carbocycles. The van der Waals surface area contributed by atoms with Gasteiger partial charge in [0.25, 0.3) is 0 Å². The molecule has 0 unspecified atom stereocenters. The van der Waals surface area contributed by atoms with Crippen molar-refractivity contribution in [3.05, 3.63) is 35.9 Å². The number of rotatable bonds is 5. The zero-order valence-corrected chi connectivity index (χ0v) is 10.5. The minimum atomic E-state index is -0.239. The zero-order chi connectivity index (χ0) is 9.52.